The van der Waals surface area contributed by atoms with E-state index in [0.717, 1.165) is 23.3 Å². The Labute approximate surface area is 247 Å². The Morgan fingerprint density at radius 3 is 2.21 bits per heavy atom. The van der Waals surface area contributed by atoms with Crippen LogP contribution in [-0.4, -0.2) is 41.9 Å². The van der Waals surface area contributed by atoms with Gasteiger partial charge in [-0.05, 0) is 73.5 Å². The number of amides is 2. The molecule has 2 amide bonds. The maximum atomic E-state index is 13.6. The fourth-order valence-electron chi connectivity index (χ4n) is 5.42. The third-order valence-corrected chi connectivity index (χ3v) is 7.69. The Kier molecular flexibility index (Phi) is 7.57. The molecule has 216 valence electrons. The summed E-state index contributed by atoms with van der Waals surface area (Å²) in [5, 5.41) is 15.6. The van der Waals surface area contributed by atoms with Gasteiger partial charge in [-0.15, -0.1) is 0 Å². The first-order valence-electron chi connectivity index (χ1n) is 13.8. The highest BCUT2D eigenvalue weighted by Crippen LogP contribution is 2.38. The van der Waals surface area contributed by atoms with Crippen molar-refractivity contribution in [1.82, 2.24) is 10.2 Å². The number of rotatable bonds is 7. The van der Waals surface area contributed by atoms with Crippen LogP contribution in [0.15, 0.2) is 101 Å². The maximum absolute atomic E-state index is 13.6. The van der Waals surface area contributed by atoms with Gasteiger partial charge in [-0.3, -0.25) is 14.4 Å². The van der Waals surface area contributed by atoms with E-state index in [9.17, 15) is 14.4 Å². The molecule has 0 spiro atoms. The highest BCUT2D eigenvalue weighted by atomic mass is 16.5. The van der Waals surface area contributed by atoms with Crippen LogP contribution >= 0.6 is 0 Å². The van der Waals surface area contributed by atoms with Crippen molar-refractivity contribution in [2.24, 2.45) is 16.9 Å². The van der Waals surface area contributed by atoms with E-state index in [-0.39, 0.29) is 29.2 Å². The number of hydrazone groups is 1. The van der Waals surface area contributed by atoms with Crippen LogP contribution in [0, 0.1) is 11.8 Å². The lowest BCUT2D eigenvalue weighted by molar-refractivity contribution is -0.123. The molecule has 10 nitrogen and oxygen atoms in total. The minimum atomic E-state index is -0.293. The smallest absolute Gasteiger partial charge is 0.264 e. The van der Waals surface area contributed by atoms with E-state index in [1.165, 1.54) is 11.1 Å². The van der Waals surface area contributed by atoms with E-state index in [2.05, 4.69) is 21.6 Å². The van der Waals surface area contributed by atoms with Gasteiger partial charge in [0.25, 0.3) is 17.4 Å². The Hall–Kier alpha value is -5.51. The second-order valence-corrected chi connectivity index (χ2v) is 10.2. The summed E-state index contributed by atoms with van der Waals surface area (Å²) in [6, 6.07) is 22.7. The van der Waals surface area contributed by atoms with Gasteiger partial charge in [0.05, 0.1) is 37.2 Å². The van der Waals surface area contributed by atoms with E-state index in [1.807, 2.05) is 36.4 Å². The Morgan fingerprint density at radius 2 is 1.53 bits per heavy atom. The minimum Gasteiger partial charge on any atom is -0.493 e. The minimum absolute atomic E-state index is 0.0525. The fraction of sp³-hybridized carbons (Fsp3) is 0.182. The van der Waals surface area contributed by atoms with Crippen LogP contribution in [0.1, 0.15) is 28.8 Å². The molecule has 1 aromatic heterocycles. The number of aromatic nitrogens is 2. The van der Waals surface area contributed by atoms with Gasteiger partial charge in [-0.25, -0.2) is 10.1 Å². The molecular weight excluding hydrogens is 546 g/mol. The molecule has 43 heavy (non-hydrogen) atoms. The van der Waals surface area contributed by atoms with Crippen LogP contribution in [0.25, 0.3) is 11.3 Å². The van der Waals surface area contributed by atoms with Crippen molar-refractivity contribution < 1.29 is 19.1 Å². The van der Waals surface area contributed by atoms with Gasteiger partial charge in [0.15, 0.2) is 11.5 Å². The van der Waals surface area contributed by atoms with Crippen molar-refractivity contribution >= 4 is 28.9 Å². The number of nitrogens with zero attached hydrogens (tertiary/aromatic N) is 3. The largest absolute Gasteiger partial charge is 0.493 e. The molecular formula is C33H29N5O5. The van der Waals surface area contributed by atoms with Crippen molar-refractivity contribution in [3.63, 3.8) is 0 Å². The first-order valence-corrected chi connectivity index (χ1v) is 13.8. The van der Waals surface area contributed by atoms with Crippen LogP contribution in [0.3, 0.4) is 0 Å². The average molecular weight is 576 g/mol. The van der Waals surface area contributed by atoms with Gasteiger partial charge >= 0.3 is 0 Å². The van der Waals surface area contributed by atoms with Crippen molar-refractivity contribution in [3.05, 3.63) is 112 Å². The molecule has 1 aliphatic heterocycles. The number of carbonyl (C=O) groups is 2. The fourth-order valence-corrected chi connectivity index (χ4v) is 5.42. The topological polar surface area (TPSA) is 126 Å². The van der Waals surface area contributed by atoms with Crippen molar-refractivity contribution in [1.29, 1.82) is 0 Å². The number of aromatic amines is 1. The third kappa shape index (κ3) is 5.54. The number of methoxy groups -OCH3 is 2. The summed E-state index contributed by atoms with van der Waals surface area (Å²) >= 11 is 0. The van der Waals surface area contributed by atoms with Crippen LogP contribution in [0.2, 0.25) is 0 Å². The molecule has 0 unspecified atom stereocenters. The average Bonchev–Trinajstić information content (AvgIpc) is 3.05. The summed E-state index contributed by atoms with van der Waals surface area (Å²) in [5.74, 6) is 0.538. The summed E-state index contributed by atoms with van der Waals surface area (Å²) in [5.41, 5.74) is 4.42. The van der Waals surface area contributed by atoms with Crippen LogP contribution in [-0.2, 0) is 4.79 Å². The molecule has 2 heterocycles. The first-order chi connectivity index (χ1) is 20.9. The molecule has 0 bridgehead atoms. The molecule has 2 aliphatic rings. The maximum Gasteiger partial charge on any atom is 0.264 e. The highest BCUT2D eigenvalue weighted by molar-refractivity contribution is 6.12. The van der Waals surface area contributed by atoms with Crippen molar-refractivity contribution in [3.8, 4) is 22.8 Å². The van der Waals surface area contributed by atoms with E-state index in [4.69, 9.17) is 14.6 Å². The summed E-state index contributed by atoms with van der Waals surface area (Å²) < 4.78 is 10.9. The zero-order valence-corrected chi connectivity index (χ0v) is 23.6. The van der Waals surface area contributed by atoms with E-state index in [0.29, 0.717) is 40.6 Å². The number of hydrogen-bond donors (Lipinski definition) is 2. The van der Waals surface area contributed by atoms with Gasteiger partial charge in [-0.2, -0.15) is 10.2 Å². The molecule has 3 aromatic carbocycles. The summed E-state index contributed by atoms with van der Waals surface area (Å²) in [6.07, 6.45) is 5.50. The first kappa shape index (κ1) is 27.6. The second kappa shape index (κ2) is 11.8. The van der Waals surface area contributed by atoms with Gasteiger partial charge < -0.3 is 14.8 Å². The van der Waals surface area contributed by atoms with Crippen molar-refractivity contribution in [2.75, 3.05) is 24.5 Å². The Morgan fingerprint density at radius 1 is 0.837 bits per heavy atom. The number of benzene rings is 3. The summed E-state index contributed by atoms with van der Waals surface area (Å²) in [7, 11) is 3.18. The second-order valence-electron chi connectivity index (χ2n) is 10.2. The van der Waals surface area contributed by atoms with E-state index < -0.39 is 0 Å². The summed E-state index contributed by atoms with van der Waals surface area (Å²) in [4.78, 5) is 37.9. The van der Waals surface area contributed by atoms with E-state index >= 15 is 0 Å². The lowest BCUT2D eigenvalue weighted by Crippen LogP contribution is -2.45. The molecule has 10 heteroatoms. The van der Waals surface area contributed by atoms with Gasteiger partial charge in [0.1, 0.15) is 0 Å². The number of nitrogens with one attached hydrogen (secondary N) is 2. The monoisotopic (exact) mass is 575 g/mol. The number of ether oxygens (including phenoxy) is 2. The van der Waals surface area contributed by atoms with Gasteiger partial charge in [0, 0.05) is 34.4 Å². The molecule has 6 rings (SSSR count). The zero-order chi connectivity index (χ0) is 29.9. The molecule has 2 N–H and O–H groups in total. The molecule has 0 saturated heterocycles. The normalized spacial score (nSPS) is 17.6. The molecule has 0 fully saturated rings. The standard InChI is InChI=1S/C33H29N5O5/c1-42-28-17-11-22(19-29(28)43-2)31-25-5-3-4-6-26(25)33(41)38(37-31)24-14-9-21(10-15-24)32(40)34-23-12-7-20(8-13-23)27-16-18-30(39)36-35-27/h3-4,7-19,25-26H,5-6H2,1-2H3,(H,34,40)(H,36,39)/t25-,26+/m1/s1. The van der Waals surface area contributed by atoms with E-state index in [1.54, 1.807) is 56.7 Å². The predicted molar refractivity (Wildman–Crippen MR) is 164 cm³/mol. The van der Waals surface area contributed by atoms with Crippen LogP contribution in [0.4, 0.5) is 11.4 Å². The van der Waals surface area contributed by atoms with Gasteiger partial charge in [0.2, 0.25) is 0 Å². The lowest BCUT2D eigenvalue weighted by Gasteiger charge is -2.37. The van der Waals surface area contributed by atoms with Crippen LogP contribution in [0.5, 0.6) is 11.5 Å². The Bertz CT molecular complexity index is 1770. The van der Waals surface area contributed by atoms with Crippen molar-refractivity contribution in [2.45, 2.75) is 12.8 Å². The number of H-pyrrole nitrogens is 1. The number of allylic oxidation sites excluding steroid dienone is 2. The molecule has 0 radical (unpaired) electrons. The van der Waals surface area contributed by atoms with Gasteiger partial charge in [-0.1, -0.05) is 24.3 Å². The molecule has 1 aliphatic carbocycles. The molecule has 2 atom stereocenters. The molecule has 4 aromatic rings. The lowest BCUT2D eigenvalue weighted by atomic mass is 9.76. The number of anilines is 2. The third-order valence-electron chi connectivity index (χ3n) is 7.69. The molecule has 0 saturated carbocycles. The predicted octanol–water partition coefficient (Wildman–Crippen LogP) is 5.04. The SMILES string of the molecule is COc1ccc(C2=NN(c3ccc(C(=O)Nc4ccc(-c5ccc(=O)[nH]n5)cc4)cc3)C(=O)[C@H]3CC=CC[C@@H]23)cc1OC. The number of carbonyl (C=O) groups excluding carboxylic acids is 2. The number of fused-ring (bicyclic) bond motifs is 1. The highest BCUT2D eigenvalue weighted by Gasteiger charge is 2.40. The number of hydrogen-bond acceptors (Lipinski definition) is 7. The zero-order valence-electron chi connectivity index (χ0n) is 23.6. The summed E-state index contributed by atoms with van der Waals surface area (Å²) in [6.45, 7) is 0. The van der Waals surface area contributed by atoms with Crippen LogP contribution < -0.4 is 25.4 Å². The Balaban J connectivity index is 1.23. The quantitative estimate of drug-likeness (QED) is 0.298.